The largest absolute Gasteiger partial charge is 0.464 e. The zero-order valence-electron chi connectivity index (χ0n) is 14.7. The van der Waals surface area contributed by atoms with Gasteiger partial charge in [0.15, 0.2) is 0 Å². The van der Waals surface area contributed by atoms with Crippen LogP contribution in [0.1, 0.15) is 36.5 Å². The quantitative estimate of drug-likeness (QED) is 0.926. The fraction of sp³-hybridized carbons (Fsp3) is 0.550. The van der Waals surface area contributed by atoms with Crippen LogP contribution in [0.4, 0.5) is 0 Å². The van der Waals surface area contributed by atoms with Crippen molar-refractivity contribution in [3.05, 3.63) is 35.1 Å². The third-order valence-electron chi connectivity index (χ3n) is 5.37. The lowest BCUT2D eigenvalue weighted by molar-refractivity contribution is -0.140. The maximum atomic E-state index is 12.9. The molecule has 1 N–H and O–H groups in total. The number of nitrogens with zero attached hydrogens (tertiary/aromatic N) is 1. The molecule has 5 nitrogen and oxygen atoms in total. The van der Waals surface area contributed by atoms with Gasteiger partial charge in [-0.2, -0.15) is 0 Å². The van der Waals surface area contributed by atoms with Crippen molar-refractivity contribution in [1.82, 2.24) is 4.90 Å². The number of fused-ring (bicyclic) bond motifs is 2. The molecule has 1 aliphatic carbocycles. The first-order valence-electron chi connectivity index (χ1n) is 9.19. The standard InChI is InChI=1S/C20H25NO4/c1-13(22)7-17-12-24-6-5-21(17)20(23)10-16-11-25-19-9-15-4-2-3-14(15)8-18(16)19/h8-9,11,13,17,22H,2-7,10,12H2,1H3/t13-,17+/m1/s1. The molecule has 134 valence electrons. The second-order valence-corrected chi connectivity index (χ2v) is 7.31. The Kier molecular flexibility index (Phi) is 4.52. The second kappa shape index (κ2) is 6.81. The molecule has 4 rings (SSSR count). The van der Waals surface area contributed by atoms with E-state index >= 15 is 0 Å². The first-order chi connectivity index (χ1) is 12.1. The number of hydrogen-bond acceptors (Lipinski definition) is 4. The summed E-state index contributed by atoms with van der Waals surface area (Å²) >= 11 is 0. The summed E-state index contributed by atoms with van der Waals surface area (Å²) in [5.41, 5.74) is 4.61. The van der Waals surface area contributed by atoms with Crippen molar-refractivity contribution in [1.29, 1.82) is 0 Å². The van der Waals surface area contributed by atoms with E-state index in [0.29, 0.717) is 32.6 Å². The Morgan fingerprint density at radius 2 is 2.16 bits per heavy atom. The van der Waals surface area contributed by atoms with E-state index in [1.165, 1.54) is 17.5 Å². The van der Waals surface area contributed by atoms with E-state index in [4.69, 9.17) is 9.15 Å². The Labute approximate surface area is 147 Å². The number of aliphatic hydroxyl groups is 1. The van der Waals surface area contributed by atoms with E-state index in [1.54, 1.807) is 13.2 Å². The molecule has 5 heteroatoms. The van der Waals surface area contributed by atoms with E-state index in [0.717, 1.165) is 29.4 Å². The van der Waals surface area contributed by atoms with Gasteiger partial charge in [0.2, 0.25) is 5.91 Å². The van der Waals surface area contributed by atoms with Crippen LogP contribution in [0.25, 0.3) is 11.0 Å². The van der Waals surface area contributed by atoms with Crippen LogP contribution in [0.15, 0.2) is 22.8 Å². The number of aryl methyl sites for hydroxylation is 2. The Morgan fingerprint density at radius 1 is 1.36 bits per heavy atom. The number of furan rings is 1. The molecule has 2 atom stereocenters. The maximum absolute atomic E-state index is 12.9. The minimum atomic E-state index is -0.445. The van der Waals surface area contributed by atoms with Crippen molar-refractivity contribution in [3.63, 3.8) is 0 Å². The average Bonchev–Trinajstić information content (AvgIpc) is 3.19. The van der Waals surface area contributed by atoms with Gasteiger partial charge in [0.25, 0.3) is 0 Å². The van der Waals surface area contributed by atoms with Crippen LogP contribution < -0.4 is 0 Å². The molecule has 2 aromatic rings. The number of aliphatic hydroxyl groups excluding tert-OH is 1. The third kappa shape index (κ3) is 3.31. The summed E-state index contributed by atoms with van der Waals surface area (Å²) < 4.78 is 11.2. The van der Waals surface area contributed by atoms with Gasteiger partial charge in [-0.15, -0.1) is 0 Å². The number of amides is 1. The topological polar surface area (TPSA) is 62.9 Å². The number of carbonyl (C=O) groups is 1. The van der Waals surface area contributed by atoms with Crippen molar-refractivity contribution >= 4 is 16.9 Å². The number of morpholine rings is 1. The van der Waals surface area contributed by atoms with E-state index in [1.807, 2.05) is 4.90 Å². The smallest absolute Gasteiger partial charge is 0.227 e. The number of ether oxygens (including phenoxy) is 1. The normalized spacial score (nSPS) is 21.5. The van der Waals surface area contributed by atoms with Crippen molar-refractivity contribution in [2.45, 2.75) is 51.2 Å². The lowest BCUT2D eigenvalue weighted by atomic mass is 10.0. The highest BCUT2D eigenvalue weighted by Gasteiger charge is 2.29. The van der Waals surface area contributed by atoms with E-state index in [2.05, 4.69) is 12.1 Å². The fourth-order valence-electron chi connectivity index (χ4n) is 4.12. The van der Waals surface area contributed by atoms with Crippen molar-refractivity contribution in [2.75, 3.05) is 19.8 Å². The summed E-state index contributed by atoms with van der Waals surface area (Å²) in [6, 6.07) is 4.29. The van der Waals surface area contributed by atoms with Gasteiger partial charge >= 0.3 is 0 Å². The van der Waals surface area contributed by atoms with Gasteiger partial charge in [0, 0.05) is 17.5 Å². The minimum absolute atomic E-state index is 0.0522. The van der Waals surface area contributed by atoms with E-state index < -0.39 is 6.10 Å². The van der Waals surface area contributed by atoms with Crippen molar-refractivity contribution in [2.24, 2.45) is 0 Å². The molecular weight excluding hydrogens is 318 g/mol. The Hall–Kier alpha value is -1.85. The molecule has 1 aromatic carbocycles. The first kappa shape index (κ1) is 16.6. The predicted octanol–water partition coefficient (Wildman–Crippen LogP) is 2.46. The molecule has 0 unspecified atom stereocenters. The number of hydrogen-bond donors (Lipinski definition) is 1. The van der Waals surface area contributed by atoms with Gasteiger partial charge in [0.05, 0.1) is 38.0 Å². The number of benzene rings is 1. The molecule has 1 aliphatic heterocycles. The monoisotopic (exact) mass is 343 g/mol. The minimum Gasteiger partial charge on any atom is -0.464 e. The lowest BCUT2D eigenvalue weighted by Crippen LogP contribution is -2.50. The first-order valence-corrected chi connectivity index (χ1v) is 9.19. The van der Waals surface area contributed by atoms with Crippen molar-refractivity contribution in [3.8, 4) is 0 Å². The van der Waals surface area contributed by atoms with Crippen LogP contribution in [0.2, 0.25) is 0 Å². The van der Waals surface area contributed by atoms with Crippen LogP contribution in [-0.2, 0) is 28.8 Å². The van der Waals surface area contributed by atoms with Gasteiger partial charge < -0.3 is 19.2 Å². The predicted molar refractivity (Wildman–Crippen MR) is 94.6 cm³/mol. The highest BCUT2D eigenvalue weighted by molar-refractivity contribution is 5.88. The second-order valence-electron chi connectivity index (χ2n) is 7.31. The summed E-state index contributed by atoms with van der Waals surface area (Å²) in [5.74, 6) is 0.0807. The summed E-state index contributed by atoms with van der Waals surface area (Å²) in [6.07, 6.45) is 5.60. The van der Waals surface area contributed by atoms with E-state index in [-0.39, 0.29) is 11.9 Å². The molecule has 1 fully saturated rings. The highest BCUT2D eigenvalue weighted by Crippen LogP contribution is 2.31. The molecule has 0 spiro atoms. The van der Waals surface area contributed by atoms with Gasteiger partial charge in [0.1, 0.15) is 5.58 Å². The van der Waals surface area contributed by atoms with Crippen LogP contribution in [0.5, 0.6) is 0 Å². The maximum Gasteiger partial charge on any atom is 0.227 e. The molecule has 2 heterocycles. The molecule has 25 heavy (non-hydrogen) atoms. The zero-order valence-corrected chi connectivity index (χ0v) is 14.7. The lowest BCUT2D eigenvalue weighted by Gasteiger charge is -2.36. The van der Waals surface area contributed by atoms with Gasteiger partial charge in [-0.3, -0.25) is 4.79 Å². The molecule has 0 radical (unpaired) electrons. The van der Waals surface area contributed by atoms with Crippen molar-refractivity contribution < 1.29 is 19.1 Å². The van der Waals surface area contributed by atoms with Crippen LogP contribution in [0, 0.1) is 0 Å². The van der Waals surface area contributed by atoms with Gasteiger partial charge in [-0.1, -0.05) is 0 Å². The molecule has 0 bridgehead atoms. The molecular formula is C20H25NO4. The van der Waals surface area contributed by atoms with Gasteiger partial charge in [-0.25, -0.2) is 0 Å². The molecule has 1 saturated heterocycles. The summed E-state index contributed by atoms with van der Waals surface area (Å²) in [7, 11) is 0. The Balaban J connectivity index is 1.55. The molecule has 0 saturated carbocycles. The van der Waals surface area contributed by atoms with E-state index in [9.17, 15) is 9.90 Å². The third-order valence-corrected chi connectivity index (χ3v) is 5.37. The summed E-state index contributed by atoms with van der Waals surface area (Å²) in [6.45, 7) is 3.39. The molecule has 1 amide bonds. The summed E-state index contributed by atoms with van der Waals surface area (Å²) in [5, 5.41) is 10.7. The molecule has 1 aromatic heterocycles. The summed E-state index contributed by atoms with van der Waals surface area (Å²) in [4.78, 5) is 14.7. The highest BCUT2D eigenvalue weighted by atomic mass is 16.5. The number of rotatable bonds is 4. The van der Waals surface area contributed by atoms with Crippen LogP contribution in [-0.4, -0.2) is 47.8 Å². The van der Waals surface area contributed by atoms with Crippen LogP contribution in [0.3, 0.4) is 0 Å². The molecule has 2 aliphatic rings. The Morgan fingerprint density at radius 3 is 2.96 bits per heavy atom. The van der Waals surface area contributed by atoms with Crippen LogP contribution >= 0.6 is 0 Å². The number of carbonyl (C=O) groups excluding carboxylic acids is 1. The average molecular weight is 343 g/mol. The SMILES string of the molecule is C[C@@H](O)C[C@H]1COCCN1C(=O)Cc1coc2cc3c(cc12)CCC3. The zero-order chi connectivity index (χ0) is 17.4. The van der Waals surface area contributed by atoms with Gasteiger partial charge in [-0.05, 0) is 55.9 Å². The fourth-order valence-corrected chi connectivity index (χ4v) is 4.12. The Bertz CT molecular complexity index is 779.